The molecule has 0 atom stereocenters. The van der Waals surface area contributed by atoms with E-state index < -0.39 is 5.97 Å². The molecular weight excluding hydrogens is 312 g/mol. The van der Waals surface area contributed by atoms with Crippen molar-refractivity contribution in [1.82, 2.24) is 4.98 Å². The number of ether oxygens (including phenoxy) is 1. The standard InChI is InChI=1S/C13H11BrN2O3/c14-10-3-1-2-8(4-10)7-19-12-11(15)5-9(6-16-12)13(17)18/h1-6H,7,15H2,(H,17,18). The topological polar surface area (TPSA) is 85.4 Å². The molecule has 2 aromatic rings. The highest BCUT2D eigenvalue weighted by atomic mass is 79.9. The summed E-state index contributed by atoms with van der Waals surface area (Å²) in [6, 6.07) is 8.96. The van der Waals surface area contributed by atoms with Gasteiger partial charge in [-0.25, -0.2) is 9.78 Å². The molecule has 5 nitrogen and oxygen atoms in total. The molecule has 0 aliphatic heterocycles. The van der Waals surface area contributed by atoms with Gasteiger partial charge in [0.15, 0.2) is 0 Å². The minimum atomic E-state index is -1.07. The summed E-state index contributed by atoms with van der Waals surface area (Å²) in [5.41, 5.74) is 6.89. The third-order valence-corrected chi connectivity index (χ3v) is 2.88. The van der Waals surface area contributed by atoms with Crippen molar-refractivity contribution < 1.29 is 14.6 Å². The average Bonchev–Trinajstić information content (AvgIpc) is 2.37. The van der Waals surface area contributed by atoms with Crippen LogP contribution in [0.4, 0.5) is 5.69 Å². The van der Waals surface area contributed by atoms with Crippen molar-refractivity contribution in [2.75, 3.05) is 5.73 Å². The summed E-state index contributed by atoms with van der Waals surface area (Å²) >= 11 is 3.37. The van der Waals surface area contributed by atoms with Crippen LogP contribution in [0.3, 0.4) is 0 Å². The fourth-order valence-electron chi connectivity index (χ4n) is 1.49. The summed E-state index contributed by atoms with van der Waals surface area (Å²) in [7, 11) is 0. The largest absolute Gasteiger partial charge is 0.478 e. The van der Waals surface area contributed by atoms with Crippen molar-refractivity contribution in [3.63, 3.8) is 0 Å². The van der Waals surface area contributed by atoms with Crippen molar-refractivity contribution in [3.8, 4) is 5.88 Å². The van der Waals surface area contributed by atoms with E-state index in [1.54, 1.807) is 0 Å². The van der Waals surface area contributed by atoms with Crippen LogP contribution in [0.2, 0.25) is 0 Å². The molecule has 2 rings (SSSR count). The first-order valence-electron chi connectivity index (χ1n) is 5.42. The van der Waals surface area contributed by atoms with Crippen LogP contribution in [0.15, 0.2) is 41.0 Å². The number of nitrogen functional groups attached to an aromatic ring is 1. The quantitative estimate of drug-likeness (QED) is 0.903. The molecule has 0 saturated heterocycles. The van der Waals surface area contributed by atoms with E-state index in [0.29, 0.717) is 6.61 Å². The van der Waals surface area contributed by atoms with Gasteiger partial charge in [-0.3, -0.25) is 0 Å². The second-order valence-electron chi connectivity index (χ2n) is 3.84. The molecule has 1 aromatic heterocycles. The van der Waals surface area contributed by atoms with Crippen LogP contribution in [-0.2, 0) is 6.61 Å². The van der Waals surface area contributed by atoms with Crippen molar-refractivity contribution in [2.45, 2.75) is 6.61 Å². The van der Waals surface area contributed by atoms with Crippen LogP contribution in [0.1, 0.15) is 15.9 Å². The number of carboxylic acids is 1. The van der Waals surface area contributed by atoms with Gasteiger partial charge < -0.3 is 15.6 Å². The monoisotopic (exact) mass is 322 g/mol. The van der Waals surface area contributed by atoms with E-state index in [1.807, 2.05) is 24.3 Å². The number of benzene rings is 1. The predicted octanol–water partition coefficient (Wildman–Crippen LogP) is 2.70. The number of hydrogen-bond donors (Lipinski definition) is 2. The van der Waals surface area contributed by atoms with Crippen LogP contribution < -0.4 is 10.5 Å². The highest BCUT2D eigenvalue weighted by Gasteiger charge is 2.08. The molecule has 0 aliphatic carbocycles. The van der Waals surface area contributed by atoms with Crippen LogP contribution in [0, 0.1) is 0 Å². The Kier molecular flexibility index (Phi) is 4.01. The summed E-state index contributed by atoms with van der Waals surface area (Å²) in [6.07, 6.45) is 1.22. The van der Waals surface area contributed by atoms with Gasteiger partial charge in [0.25, 0.3) is 0 Å². The van der Waals surface area contributed by atoms with Gasteiger partial charge in [0, 0.05) is 10.7 Å². The highest BCUT2D eigenvalue weighted by Crippen LogP contribution is 2.21. The number of nitrogens with two attached hydrogens (primary N) is 1. The number of rotatable bonds is 4. The van der Waals surface area contributed by atoms with Gasteiger partial charge in [-0.1, -0.05) is 28.1 Å². The number of carboxylic acid groups (broad SMARTS) is 1. The first kappa shape index (κ1) is 13.4. The Balaban J connectivity index is 2.10. The molecule has 6 heteroatoms. The van der Waals surface area contributed by atoms with Crippen LogP contribution in [0.25, 0.3) is 0 Å². The lowest BCUT2D eigenvalue weighted by atomic mass is 10.2. The highest BCUT2D eigenvalue weighted by molar-refractivity contribution is 9.10. The number of aromatic nitrogens is 1. The number of aromatic carboxylic acids is 1. The first-order chi connectivity index (χ1) is 9.06. The molecule has 19 heavy (non-hydrogen) atoms. The summed E-state index contributed by atoms with van der Waals surface area (Å²) in [4.78, 5) is 14.6. The van der Waals surface area contributed by atoms with Crippen LogP contribution >= 0.6 is 15.9 Å². The Bertz CT molecular complexity index is 617. The Morgan fingerprint density at radius 3 is 2.84 bits per heavy atom. The predicted molar refractivity (Wildman–Crippen MR) is 74.1 cm³/mol. The fourth-order valence-corrected chi connectivity index (χ4v) is 1.93. The van der Waals surface area contributed by atoms with Gasteiger partial charge in [-0.2, -0.15) is 0 Å². The fraction of sp³-hybridized carbons (Fsp3) is 0.0769. The van der Waals surface area contributed by atoms with Crippen molar-refractivity contribution >= 4 is 27.6 Å². The molecule has 1 heterocycles. The third kappa shape index (κ3) is 3.45. The van der Waals surface area contributed by atoms with Gasteiger partial charge >= 0.3 is 5.97 Å². The minimum absolute atomic E-state index is 0.0345. The van der Waals surface area contributed by atoms with E-state index in [9.17, 15) is 4.79 Å². The molecular formula is C13H11BrN2O3. The number of halogens is 1. The zero-order chi connectivity index (χ0) is 13.8. The van der Waals surface area contributed by atoms with Gasteiger partial charge in [0.2, 0.25) is 5.88 Å². The molecule has 3 N–H and O–H groups in total. The second-order valence-corrected chi connectivity index (χ2v) is 4.76. The van der Waals surface area contributed by atoms with E-state index in [-0.39, 0.29) is 17.1 Å². The molecule has 0 radical (unpaired) electrons. The van der Waals surface area contributed by atoms with Gasteiger partial charge in [0.1, 0.15) is 6.61 Å². The average molecular weight is 323 g/mol. The summed E-state index contributed by atoms with van der Waals surface area (Å²) in [5, 5.41) is 8.80. The van der Waals surface area contributed by atoms with E-state index in [4.69, 9.17) is 15.6 Å². The number of hydrogen-bond acceptors (Lipinski definition) is 4. The molecule has 0 unspecified atom stereocenters. The Labute approximate surface area is 118 Å². The lowest BCUT2D eigenvalue weighted by Crippen LogP contribution is -2.04. The lowest BCUT2D eigenvalue weighted by Gasteiger charge is -2.08. The van der Waals surface area contributed by atoms with E-state index in [1.165, 1.54) is 12.3 Å². The molecule has 0 fully saturated rings. The molecule has 0 saturated carbocycles. The summed E-state index contributed by atoms with van der Waals surface area (Å²) < 4.78 is 6.42. The zero-order valence-corrected chi connectivity index (χ0v) is 11.4. The van der Waals surface area contributed by atoms with Crippen molar-refractivity contribution in [1.29, 1.82) is 0 Å². The maximum Gasteiger partial charge on any atom is 0.337 e. The van der Waals surface area contributed by atoms with Crippen LogP contribution in [0.5, 0.6) is 5.88 Å². The number of anilines is 1. The summed E-state index contributed by atoms with van der Waals surface area (Å²) in [6.45, 7) is 0.309. The normalized spacial score (nSPS) is 10.2. The van der Waals surface area contributed by atoms with Crippen molar-refractivity contribution in [2.24, 2.45) is 0 Å². The number of pyridine rings is 1. The van der Waals surface area contributed by atoms with Gasteiger partial charge in [-0.15, -0.1) is 0 Å². The van der Waals surface area contributed by atoms with E-state index >= 15 is 0 Å². The van der Waals surface area contributed by atoms with Crippen LogP contribution in [-0.4, -0.2) is 16.1 Å². The molecule has 98 valence electrons. The van der Waals surface area contributed by atoms with Gasteiger partial charge in [-0.05, 0) is 23.8 Å². The number of nitrogens with zero attached hydrogens (tertiary/aromatic N) is 1. The smallest absolute Gasteiger partial charge is 0.337 e. The molecule has 0 bridgehead atoms. The molecule has 0 spiro atoms. The Morgan fingerprint density at radius 1 is 1.42 bits per heavy atom. The summed E-state index contributed by atoms with van der Waals surface area (Å²) in [5.74, 6) is -0.845. The zero-order valence-electron chi connectivity index (χ0n) is 9.84. The molecule has 0 amide bonds. The lowest BCUT2D eigenvalue weighted by molar-refractivity contribution is 0.0696. The maximum absolute atomic E-state index is 10.7. The van der Waals surface area contributed by atoms with Crippen molar-refractivity contribution in [3.05, 3.63) is 52.1 Å². The first-order valence-corrected chi connectivity index (χ1v) is 6.21. The van der Waals surface area contributed by atoms with Gasteiger partial charge in [0.05, 0.1) is 11.3 Å². The Hall–Kier alpha value is -2.08. The third-order valence-electron chi connectivity index (χ3n) is 2.39. The number of carbonyl (C=O) groups is 1. The Morgan fingerprint density at radius 2 is 2.21 bits per heavy atom. The van der Waals surface area contributed by atoms with E-state index in [2.05, 4.69) is 20.9 Å². The minimum Gasteiger partial charge on any atom is -0.478 e. The maximum atomic E-state index is 10.7. The van der Waals surface area contributed by atoms with E-state index in [0.717, 1.165) is 10.0 Å². The molecule has 0 aliphatic rings. The second kappa shape index (κ2) is 5.71. The SMILES string of the molecule is Nc1cc(C(=O)O)cnc1OCc1cccc(Br)c1. The molecule has 1 aromatic carbocycles.